The molecule has 0 aliphatic heterocycles. The first kappa shape index (κ1) is 24.1. The van der Waals surface area contributed by atoms with Crippen molar-refractivity contribution in [2.75, 3.05) is 0 Å². The Balaban J connectivity index is 1.46. The van der Waals surface area contributed by atoms with Gasteiger partial charge in [0.1, 0.15) is 0 Å². The molecular weight excluding hydrogens is 436 g/mol. The van der Waals surface area contributed by atoms with Crippen molar-refractivity contribution >= 4 is 32.4 Å². The van der Waals surface area contributed by atoms with E-state index in [1.54, 1.807) is 5.56 Å². The Morgan fingerprint density at radius 2 is 1.33 bits per heavy atom. The molecule has 2 fully saturated rings. The Kier molecular flexibility index (Phi) is 6.21. The highest BCUT2D eigenvalue weighted by Gasteiger charge is 2.33. The van der Waals surface area contributed by atoms with Gasteiger partial charge in [0.05, 0.1) is 11.6 Å². The summed E-state index contributed by atoms with van der Waals surface area (Å²) in [6.07, 6.45) is 10.5. The average molecular weight is 483 g/mol. The van der Waals surface area contributed by atoms with Crippen molar-refractivity contribution < 1.29 is 0 Å². The number of H-pyrrole nitrogens is 1. The van der Waals surface area contributed by atoms with Crippen molar-refractivity contribution in [3.8, 4) is 0 Å². The number of hydrogen-bond acceptors (Lipinski definition) is 0. The Morgan fingerprint density at radius 1 is 0.722 bits per heavy atom. The molecule has 2 heteroatoms. The van der Waals surface area contributed by atoms with Crippen LogP contribution in [0.3, 0.4) is 0 Å². The van der Waals surface area contributed by atoms with Crippen LogP contribution in [0, 0.1) is 35.5 Å². The zero-order valence-corrected chi connectivity index (χ0v) is 23.4. The molecule has 6 atom stereocenters. The highest BCUT2D eigenvalue weighted by Crippen LogP contribution is 2.46. The van der Waals surface area contributed by atoms with E-state index in [2.05, 4.69) is 93.9 Å². The maximum Gasteiger partial charge on any atom is 0.0627 e. The van der Waals surface area contributed by atoms with Gasteiger partial charge in [-0.1, -0.05) is 84.7 Å². The summed E-state index contributed by atoms with van der Waals surface area (Å²) in [6.45, 7) is 14.6. The number of aromatic nitrogens is 2. The Labute approximate surface area is 217 Å². The number of rotatable bonds is 4. The van der Waals surface area contributed by atoms with Crippen molar-refractivity contribution in [3.05, 3.63) is 48.2 Å². The molecular formula is C34H46N2. The minimum absolute atomic E-state index is 0.559. The van der Waals surface area contributed by atoms with Gasteiger partial charge in [-0.3, -0.25) is 9.78 Å². The van der Waals surface area contributed by atoms with Gasteiger partial charge in [-0.15, -0.1) is 0 Å². The van der Waals surface area contributed by atoms with E-state index in [-0.39, 0.29) is 0 Å². The smallest absolute Gasteiger partial charge is 0.0627 e. The summed E-state index contributed by atoms with van der Waals surface area (Å²) >= 11 is 0. The Morgan fingerprint density at radius 3 is 2.03 bits per heavy atom. The lowest BCUT2D eigenvalue weighted by Crippen LogP contribution is -2.31. The molecule has 36 heavy (non-hydrogen) atoms. The lowest BCUT2D eigenvalue weighted by atomic mass is 9.67. The van der Waals surface area contributed by atoms with E-state index in [0.29, 0.717) is 17.9 Å². The van der Waals surface area contributed by atoms with Crippen LogP contribution in [0.5, 0.6) is 0 Å². The number of nitrogens with zero attached hydrogens (tertiary/aromatic N) is 1. The number of nitrogens with one attached hydrogen (secondary N) is 1. The fourth-order valence-electron chi connectivity index (χ4n) is 8.19. The lowest BCUT2D eigenvalue weighted by Gasteiger charge is -2.39. The monoisotopic (exact) mass is 482 g/mol. The van der Waals surface area contributed by atoms with Crippen LogP contribution in [0.15, 0.2) is 42.6 Å². The second-order valence-corrected chi connectivity index (χ2v) is 13.5. The molecule has 192 valence electrons. The maximum atomic E-state index is 3.88. The average Bonchev–Trinajstić information content (AvgIpc) is 2.86. The molecule has 0 saturated heterocycles. The van der Waals surface area contributed by atoms with E-state index >= 15 is 0 Å². The fraction of sp³-hybridized carbons (Fsp3) is 0.588. The van der Waals surface area contributed by atoms with Crippen LogP contribution in [0.1, 0.15) is 97.6 Å². The van der Waals surface area contributed by atoms with Crippen LogP contribution in [0.25, 0.3) is 32.4 Å². The van der Waals surface area contributed by atoms with Gasteiger partial charge >= 0.3 is 0 Å². The zero-order valence-electron chi connectivity index (χ0n) is 23.4. The van der Waals surface area contributed by atoms with Crippen LogP contribution in [0.4, 0.5) is 0 Å². The summed E-state index contributed by atoms with van der Waals surface area (Å²) in [4.78, 5) is 0. The topological polar surface area (TPSA) is 20.7 Å². The van der Waals surface area contributed by atoms with E-state index in [1.807, 2.05) is 0 Å². The summed E-state index contributed by atoms with van der Waals surface area (Å²) in [6, 6.07) is 15.2. The molecule has 3 aromatic carbocycles. The molecule has 1 aromatic heterocycles. The maximum absolute atomic E-state index is 3.88. The highest BCUT2D eigenvalue weighted by molar-refractivity contribution is 6.22. The SMILES string of the molecule is CC1CCC(C(C)C)C(c2cc3ccc4cn(C5CC(C)CCC5C(C)C)[nH]c5ccc(c2)c3c45)C1. The molecule has 0 radical (unpaired) electrons. The van der Waals surface area contributed by atoms with Crippen LogP contribution in [0.2, 0.25) is 0 Å². The summed E-state index contributed by atoms with van der Waals surface area (Å²) in [5.41, 5.74) is 2.85. The molecule has 0 bridgehead atoms. The van der Waals surface area contributed by atoms with Crippen molar-refractivity contribution in [2.24, 2.45) is 35.5 Å². The largest absolute Gasteiger partial charge is 0.298 e. The van der Waals surface area contributed by atoms with Crippen LogP contribution in [-0.2, 0) is 0 Å². The van der Waals surface area contributed by atoms with Crippen molar-refractivity contribution in [1.29, 1.82) is 0 Å². The van der Waals surface area contributed by atoms with Gasteiger partial charge in [0, 0.05) is 17.0 Å². The van der Waals surface area contributed by atoms with Gasteiger partial charge in [0.2, 0.25) is 0 Å². The van der Waals surface area contributed by atoms with Gasteiger partial charge < -0.3 is 0 Å². The first-order chi connectivity index (χ1) is 17.3. The van der Waals surface area contributed by atoms with Gasteiger partial charge in [-0.25, -0.2) is 0 Å². The second-order valence-electron chi connectivity index (χ2n) is 13.5. The predicted octanol–water partition coefficient (Wildman–Crippen LogP) is 10.1. The third-order valence-electron chi connectivity index (χ3n) is 10.2. The summed E-state index contributed by atoms with van der Waals surface area (Å²) in [5.74, 6) is 5.31. The minimum atomic E-state index is 0.559. The summed E-state index contributed by atoms with van der Waals surface area (Å²) < 4.78 is 2.48. The van der Waals surface area contributed by atoms with E-state index in [1.165, 1.54) is 71.0 Å². The third kappa shape index (κ3) is 4.09. The van der Waals surface area contributed by atoms with Gasteiger partial charge in [0.25, 0.3) is 0 Å². The Hall–Kier alpha value is -2.22. The second kappa shape index (κ2) is 9.26. The standard InChI is InChI=1S/C34H46N2/c1-20(2)28-12-7-22(5)15-30(28)27-17-24-9-10-26-19-36(32-16-23(6)8-13-29(32)21(3)4)35-31-14-11-25(18-27)33(24)34(26)31/h9-11,14,17-23,28-30,32,35H,7-8,12-13,15-16H2,1-6H3. The summed E-state index contributed by atoms with van der Waals surface area (Å²) in [7, 11) is 0. The number of aromatic amines is 1. The fourth-order valence-corrected chi connectivity index (χ4v) is 8.19. The zero-order chi connectivity index (χ0) is 25.1. The van der Waals surface area contributed by atoms with Gasteiger partial charge in [0.15, 0.2) is 0 Å². The molecule has 1 heterocycles. The molecule has 2 nitrogen and oxygen atoms in total. The molecule has 0 spiro atoms. The molecule has 1 N–H and O–H groups in total. The molecule has 4 aromatic rings. The predicted molar refractivity (Wildman–Crippen MR) is 156 cm³/mol. The minimum Gasteiger partial charge on any atom is -0.298 e. The van der Waals surface area contributed by atoms with E-state index in [9.17, 15) is 0 Å². The molecule has 2 aliphatic carbocycles. The van der Waals surface area contributed by atoms with Crippen molar-refractivity contribution in [2.45, 2.75) is 92.0 Å². The number of hydrogen-bond donors (Lipinski definition) is 1. The van der Waals surface area contributed by atoms with Gasteiger partial charge in [-0.2, -0.15) is 0 Å². The van der Waals surface area contributed by atoms with Crippen molar-refractivity contribution in [3.63, 3.8) is 0 Å². The quantitative estimate of drug-likeness (QED) is 0.279. The first-order valence-electron chi connectivity index (χ1n) is 14.9. The van der Waals surface area contributed by atoms with Gasteiger partial charge in [-0.05, 0) is 94.9 Å². The Bertz CT molecular complexity index is 1200. The molecule has 6 rings (SSSR count). The van der Waals surface area contributed by atoms with Crippen LogP contribution in [-0.4, -0.2) is 9.78 Å². The third-order valence-corrected chi connectivity index (χ3v) is 10.2. The van der Waals surface area contributed by atoms with Crippen LogP contribution >= 0.6 is 0 Å². The van der Waals surface area contributed by atoms with E-state index < -0.39 is 0 Å². The van der Waals surface area contributed by atoms with Crippen LogP contribution < -0.4 is 0 Å². The highest BCUT2D eigenvalue weighted by atomic mass is 15.3. The van der Waals surface area contributed by atoms with E-state index in [0.717, 1.165) is 29.6 Å². The first-order valence-corrected chi connectivity index (χ1v) is 14.9. The van der Waals surface area contributed by atoms with Crippen molar-refractivity contribution in [1.82, 2.24) is 9.78 Å². The molecule has 2 aliphatic rings. The normalized spacial score (nSPS) is 29.8. The molecule has 6 unspecified atom stereocenters. The lowest BCUT2D eigenvalue weighted by molar-refractivity contribution is 0.139. The molecule has 2 saturated carbocycles. The number of benzene rings is 3. The van der Waals surface area contributed by atoms with E-state index in [4.69, 9.17) is 0 Å². The summed E-state index contributed by atoms with van der Waals surface area (Å²) in [5, 5.41) is 10.9. The molecule has 0 amide bonds.